The first-order valence-electron chi connectivity index (χ1n) is 8.16. The Morgan fingerprint density at radius 2 is 1.92 bits per heavy atom. The van der Waals surface area contributed by atoms with Crippen LogP contribution in [0.5, 0.6) is 0 Å². The molecule has 6 heteroatoms. The van der Waals surface area contributed by atoms with Crippen LogP contribution >= 0.6 is 0 Å². The number of benzene rings is 2. The lowest BCUT2D eigenvalue weighted by Crippen LogP contribution is -2.41. The van der Waals surface area contributed by atoms with E-state index < -0.39 is 23.6 Å². The molecule has 1 aliphatic rings. The average Bonchev–Trinajstić information content (AvgIpc) is 2.98. The van der Waals surface area contributed by atoms with Crippen LogP contribution in [-0.2, 0) is 4.79 Å². The fourth-order valence-corrected chi connectivity index (χ4v) is 3.33. The van der Waals surface area contributed by atoms with E-state index in [2.05, 4.69) is 5.32 Å². The van der Waals surface area contributed by atoms with E-state index in [9.17, 15) is 18.7 Å². The summed E-state index contributed by atoms with van der Waals surface area (Å²) < 4.78 is 26.8. The van der Waals surface area contributed by atoms with Gasteiger partial charge in [0.1, 0.15) is 0 Å². The SMILES string of the molecule is CN1CCC(NC(=O)C(O)c2ccccc2)C1c1ccc(F)c(F)c1. The Bertz CT molecular complexity index is 754. The minimum atomic E-state index is -1.27. The number of carbonyl (C=O) groups excluding carboxylic acids is 1. The van der Waals surface area contributed by atoms with E-state index in [1.807, 2.05) is 11.9 Å². The first kappa shape index (κ1) is 17.5. The van der Waals surface area contributed by atoms with Crippen LogP contribution in [0.15, 0.2) is 48.5 Å². The van der Waals surface area contributed by atoms with Crippen molar-refractivity contribution in [1.29, 1.82) is 0 Å². The molecule has 3 atom stereocenters. The van der Waals surface area contributed by atoms with Gasteiger partial charge >= 0.3 is 0 Å². The third-order valence-electron chi connectivity index (χ3n) is 4.63. The van der Waals surface area contributed by atoms with Crippen molar-refractivity contribution in [3.05, 3.63) is 71.3 Å². The molecule has 0 aliphatic carbocycles. The Labute approximate surface area is 145 Å². The van der Waals surface area contributed by atoms with E-state index in [1.165, 1.54) is 6.07 Å². The van der Waals surface area contributed by atoms with Crippen LogP contribution < -0.4 is 5.32 Å². The van der Waals surface area contributed by atoms with Crippen molar-refractivity contribution in [2.45, 2.75) is 24.6 Å². The molecular formula is C19H20F2N2O2. The minimum absolute atomic E-state index is 0.276. The van der Waals surface area contributed by atoms with Crippen LogP contribution in [0.25, 0.3) is 0 Å². The van der Waals surface area contributed by atoms with Crippen LogP contribution in [0.3, 0.4) is 0 Å². The number of hydrogen-bond acceptors (Lipinski definition) is 3. The van der Waals surface area contributed by atoms with Crippen LogP contribution in [0.1, 0.15) is 29.7 Å². The number of nitrogens with zero attached hydrogens (tertiary/aromatic N) is 1. The normalized spacial score (nSPS) is 21.9. The molecule has 25 heavy (non-hydrogen) atoms. The molecule has 0 aromatic heterocycles. The predicted octanol–water partition coefficient (Wildman–Crippen LogP) is 2.56. The molecule has 1 aliphatic heterocycles. The number of rotatable bonds is 4. The van der Waals surface area contributed by atoms with Crippen LogP contribution in [-0.4, -0.2) is 35.5 Å². The summed E-state index contributed by atoms with van der Waals surface area (Å²) in [5.74, 6) is -2.31. The molecule has 0 radical (unpaired) electrons. The molecular weight excluding hydrogens is 326 g/mol. The molecule has 2 aromatic carbocycles. The second-order valence-corrected chi connectivity index (χ2v) is 6.32. The van der Waals surface area contributed by atoms with E-state index in [-0.39, 0.29) is 12.1 Å². The van der Waals surface area contributed by atoms with Crippen LogP contribution in [0.2, 0.25) is 0 Å². The molecule has 132 valence electrons. The number of aliphatic hydroxyl groups excluding tert-OH is 1. The summed E-state index contributed by atoms with van der Waals surface area (Å²) in [5.41, 5.74) is 1.11. The fraction of sp³-hybridized carbons (Fsp3) is 0.316. The van der Waals surface area contributed by atoms with Gasteiger partial charge in [-0.25, -0.2) is 8.78 Å². The average molecular weight is 346 g/mol. The quantitative estimate of drug-likeness (QED) is 0.895. The minimum Gasteiger partial charge on any atom is -0.378 e. The summed E-state index contributed by atoms with van der Waals surface area (Å²) in [6, 6.07) is 11.9. The Morgan fingerprint density at radius 3 is 2.60 bits per heavy atom. The number of amides is 1. The highest BCUT2D eigenvalue weighted by molar-refractivity contribution is 5.82. The van der Waals surface area contributed by atoms with E-state index in [0.29, 0.717) is 24.1 Å². The molecule has 1 fully saturated rings. The molecule has 0 spiro atoms. The number of carbonyl (C=O) groups is 1. The zero-order chi connectivity index (χ0) is 18.0. The van der Waals surface area contributed by atoms with Gasteiger partial charge in [-0.05, 0) is 36.7 Å². The molecule has 3 rings (SSSR count). The highest BCUT2D eigenvalue weighted by Crippen LogP contribution is 2.32. The van der Waals surface area contributed by atoms with Gasteiger partial charge in [0.05, 0.1) is 6.04 Å². The van der Waals surface area contributed by atoms with E-state index in [1.54, 1.807) is 30.3 Å². The van der Waals surface area contributed by atoms with Crippen molar-refractivity contribution in [2.24, 2.45) is 0 Å². The lowest BCUT2D eigenvalue weighted by molar-refractivity contribution is -0.130. The highest BCUT2D eigenvalue weighted by atomic mass is 19.2. The first-order chi connectivity index (χ1) is 12.0. The second kappa shape index (κ2) is 7.29. The van der Waals surface area contributed by atoms with E-state index in [4.69, 9.17) is 0 Å². The third-order valence-corrected chi connectivity index (χ3v) is 4.63. The topological polar surface area (TPSA) is 52.6 Å². The van der Waals surface area contributed by atoms with Gasteiger partial charge in [-0.3, -0.25) is 9.69 Å². The number of likely N-dealkylation sites (tertiary alicyclic amines) is 1. The number of nitrogens with one attached hydrogen (secondary N) is 1. The molecule has 2 aromatic rings. The molecule has 1 amide bonds. The molecule has 1 saturated heterocycles. The lowest BCUT2D eigenvalue weighted by atomic mass is 9.99. The first-order valence-corrected chi connectivity index (χ1v) is 8.16. The van der Waals surface area contributed by atoms with Crippen molar-refractivity contribution >= 4 is 5.91 Å². The van der Waals surface area contributed by atoms with Gasteiger partial charge in [-0.1, -0.05) is 36.4 Å². The Morgan fingerprint density at radius 1 is 1.20 bits per heavy atom. The summed E-state index contributed by atoms with van der Waals surface area (Å²) in [5, 5.41) is 13.1. The Kier molecular flexibility index (Phi) is 5.11. The summed E-state index contributed by atoms with van der Waals surface area (Å²) in [6.07, 6.45) is -0.606. The summed E-state index contributed by atoms with van der Waals surface area (Å²) in [7, 11) is 1.87. The number of aliphatic hydroxyl groups is 1. The third kappa shape index (κ3) is 3.70. The van der Waals surface area contributed by atoms with Crippen molar-refractivity contribution in [1.82, 2.24) is 10.2 Å². The molecule has 0 saturated carbocycles. The van der Waals surface area contributed by atoms with Crippen LogP contribution in [0, 0.1) is 11.6 Å². The van der Waals surface area contributed by atoms with Crippen molar-refractivity contribution in [2.75, 3.05) is 13.6 Å². The zero-order valence-corrected chi connectivity index (χ0v) is 13.8. The number of likely N-dealkylation sites (N-methyl/N-ethyl adjacent to an activating group) is 1. The van der Waals surface area contributed by atoms with Gasteiger partial charge in [0, 0.05) is 12.6 Å². The maximum atomic E-state index is 13.6. The number of hydrogen-bond donors (Lipinski definition) is 2. The summed E-state index contributed by atoms with van der Waals surface area (Å²) in [6.45, 7) is 0.704. The van der Waals surface area contributed by atoms with Crippen molar-refractivity contribution in [3.8, 4) is 0 Å². The van der Waals surface area contributed by atoms with Gasteiger partial charge in [0.25, 0.3) is 5.91 Å². The second-order valence-electron chi connectivity index (χ2n) is 6.32. The summed E-state index contributed by atoms with van der Waals surface area (Å²) >= 11 is 0. The largest absolute Gasteiger partial charge is 0.378 e. The van der Waals surface area contributed by atoms with Crippen molar-refractivity contribution < 1.29 is 18.7 Å². The monoisotopic (exact) mass is 346 g/mol. The van der Waals surface area contributed by atoms with Crippen LogP contribution in [0.4, 0.5) is 8.78 Å². The smallest absolute Gasteiger partial charge is 0.253 e. The molecule has 0 bridgehead atoms. The maximum absolute atomic E-state index is 13.6. The van der Waals surface area contributed by atoms with Gasteiger partial charge in [0.15, 0.2) is 17.7 Å². The standard InChI is InChI=1S/C19H20F2N2O2/c1-23-10-9-16(17(23)13-7-8-14(20)15(21)11-13)22-19(25)18(24)12-5-3-2-4-6-12/h2-8,11,16-18,24H,9-10H2,1H3,(H,22,25). The van der Waals surface area contributed by atoms with Gasteiger partial charge < -0.3 is 10.4 Å². The predicted molar refractivity (Wildman–Crippen MR) is 89.7 cm³/mol. The van der Waals surface area contributed by atoms with Crippen molar-refractivity contribution in [3.63, 3.8) is 0 Å². The summed E-state index contributed by atoms with van der Waals surface area (Å²) in [4.78, 5) is 14.4. The van der Waals surface area contributed by atoms with Gasteiger partial charge in [-0.15, -0.1) is 0 Å². The lowest BCUT2D eigenvalue weighted by Gasteiger charge is -2.27. The molecule has 1 heterocycles. The van der Waals surface area contributed by atoms with Gasteiger partial charge in [0.2, 0.25) is 0 Å². The fourth-order valence-electron chi connectivity index (χ4n) is 3.33. The molecule has 4 nitrogen and oxygen atoms in total. The maximum Gasteiger partial charge on any atom is 0.253 e. The Hall–Kier alpha value is -2.31. The molecule has 2 N–H and O–H groups in total. The molecule has 3 unspecified atom stereocenters. The van der Waals surface area contributed by atoms with E-state index in [0.717, 1.165) is 12.1 Å². The van der Waals surface area contributed by atoms with Gasteiger partial charge in [-0.2, -0.15) is 0 Å². The zero-order valence-electron chi connectivity index (χ0n) is 13.8. The highest BCUT2D eigenvalue weighted by Gasteiger charge is 2.35. The number of halogens is 2. The Balaban J connectivity index is 1.76. The van der Waals surface area contributed by atoms with E-state index >= 15 is 0 Å².